The summed E-state index contributed by atoms with van der Waals surface area (Å²) >= 11 is 0. The second-order valence-electron chi connectivity index (χ2n) is 6.11. The zero-order valence-electron chi connectivity index (χ0n) is 13.8. The first-order valence-electron chi connectivity index (χ1n) is 8.47. The van der Waals surface area contributed by atoms with Crippen molar-refractivity contribution in [2.45, 2.75) is 12.8 Å². The molecule has 1 amide bonds. The predicted octanol–water partition coefficient (Wildman–Crippen LogP) is 3.45. The number of amides is 1. The molecule has 0 saturated carbocycles. The molecule has 4 rings (SSSR count). The second kappa shape index (κ2) is 6.63. The van der Waals surface area contributed by atoms with Gasteiger partial charge < -0.3 is 19.7 Å². The van der Waals surface area contributed by atoms with Crippen LogP contribution in [0.25, 0.3) is 0 Å². The van der Waals surface area contributed by atoms with E-state index in [1.807, 2.05) is 6.07 Å². The Morgan fingerprint density at radius 1 is 1.04 bits per heavy atom. The van der Waals surface area contributed by atoms with Gasteiger partial charge in [0.05, 0.1) is 11.3 Å². The van der Waals surface area contributed by atoms with Gasteiger partial charge in [-0.15, -0.1) is 0 Å². The van der Waals surface area contributed by atoms with E-state index in [4.69, 9.17) is 9.47 Å². The van der Waals surface area contributed by atoms with Crippen LogP contribution in [0.15, 0.2) is 36.4 Å². The molecule has 0 bridgehead atoms. The Labute approximate surface area is 145 Å². The number of carbonyl (C=O) groups is 1. The molecule has 2 heterocycles. The fourth-order valence-electron chi connectivity index (χ4n) is 3.29. The van der Waals surface area contributed by atoms with Crippen LogP contribution in [-0.2, 0) is 0 Å². The predicted molar refractivity (Wildman–Crippen MR) is 93.2 cm³/mol. The summed E-state index contributed by atoms with van der Waals surface area (Å²) in [4.78, 5) is 14.9. The molecule has 0 radical (unpaired) electrons. The van der Waals surface area contributed by atoms with E-state index in [2.05, 4.69) is 10.2 Å². The molecular formula is C19H19FN2O3. The van der Waals surface area contributed by atoms with Gasteiger partial charge in [0.1, 0.15) is 24.7 Å². The number of para-hydroxylation sites is 2. The highest BCUT2D eigenvalue weighted by Gasteiger charge is 2.24. The third-order valence-electron chi connectivity index (χ3n) is 4.49. The van der Waals surface area contributed by atoms with Crippen LogP contribution >= 0.6 is 0 Å². The zero-order valence-corrected chi connectivity index (χ0v) is 13.8. The largest absolute Gasteiger partial charge is 0.486 e. The van der Waals surface area contributed by atoms with E-state index < -0.39 is 11.7 Å². The summed E-state index contributed by atoms with van der Waals surface area (Å²) in [5.41, 5.74) is 1.27. The average molecular weight is 342 g/mol. The number of hydrogen-bond donors (Lipinski definition) is 1. The number of benzene rings is 2. The molecule has 6 heteroatoms. The Kier molecular flexibility index (Phi) is 4.17. The monoisotopic (exact) mass is 342 g/mol. The molecular weight excluding hydrogens is 323 g/mol. The van der Waals surface area contributed by atoms with Crippen molar-refractivity contribution in [2.24, 2.45) is 0 Å². The first kappa shape index (κ1) is 15.7. The van der Waals surface area contributed by atoms with Crippen molar-refractivity contribution in [3.63, 3.8) is 0 Å². The maximum Gasteiger partial charge on any atom is 0.259 e. The van der Waals surface area contributed by atoms with Crippen LogP contribution in [0.1, 0.15) is 23.2 Å². The normalized spacial score (nSPS) is 16.0. The minimum absolute atomic E-state index is 0.212. The van der Waals surface area contributed by atoms with Crippen molar-refractivity contribution in [1.82, 2.24) is 0 Å². The van der Waals surface area contributed by atoms with Crippen molar-refractivity contribution in [1.29, 1.82) is 0 Å². The lowest BCUT2D eigenvalue weighted by Crippen LogP contribution is -2.23. The molecule has 25 heavy (non-hydrogen) atoms. The van der Waals surface area contributed by atoms with Gasteiger partial charge >= 0.3 is 0 Å². The highest BCUT2D eigenvalue weighted by atomic mass is 19.1. The van der Waals surface area contributed by atoms with E-state index in [0.29, 0.717) is 36.0 Å². The van der Waals surface area contributed by atoms with Crippen molar-refractivity contribution in [3.8, 4) is 11.5 Å². The molecule has 2 aliphatic heterocycles. The van der Waals surface area contributed by atoms with Crippen molar-refractivity contribution in [3.05, 3.63) is 47.8 Å². The van der Waals surface area contributed by atoms with Gasteiger partial charge in [-0.3, -0.25) is 4.79 Å². The topological polar surface area (TPSA) is 50.8 Å². The van der Waals surface area contributed by atoms with Gasteiger partial charge in [0.2, 0.25) is 0 Å². The van der Waals surface area contributed by atoms with Crippen LogP contribution in [0.3, 0.4) is 0 Å². The Balaban J connectivity index is 1.66. The summed E-state index contributed by atoms with van der Waals surface area (Å²) in [5, 5.41) is 2.73. The minimum atomic E-state index is -0.445. The lowest BCUT2D eigenvalue weighted by Gasteiger charge is -2.23. The molecule has 1 fully saturated rings. The fraction of sp³-hybridized carbons (Fsp3) is 0.316. The van der Waals surface area contributed by atoms with Gasteiger partial charge in [-0.1, -0.05) is 12.1 Å². The number of anilines is 2. The molecule has 1 N–H and O–H groups in total. The summed E-state index contributed by atoms with van der Waals surface area (Å²) in [5.74, 6) is 0.0881. The molecule has 0 atom stereocenters. The lowest BCUT2D eigenvalue weighted by molar-refractivity contribution is 0.101. The van der Waals surface area contributed by atoms with E-state index >= 15 is 0 Å². The van der Waals surface area contributed by atoms with Crippen LogP contribution < -0.4 is 19.7 Å². The minimum Gasteiger partial charge on any atom is -0.486 e. The molecule has 2 aromatic carbocycles. The molecule has 2 aromatic rings. The Morgan fingerprint density at radius 2 is 1.80 bits per heavy atom. The lowest BCUT2D eigenvalue weighted by atomic mass is 10.1. The number of hydrogen-bond acceptors (Lipinski definition) is 4. The molecule has 5 nitrogen and oxygen atoms in total. The maximum absolute atomic E-state index is 14.4. The van der Waals surface area contributed by atoms with E-state index in [1.54, 1.807) is 24.3 Å². The summed E-state index contributed by atoms with van der Waals surface area (Å²) < 4.78 is 25.5. The van der Waals surface area contributed by atoms with Gasteiger partial charge in [-0.2, -0.15) is 0 Å². The SMILES string of the molecule is O=C(Nc1c(F)cccc1N1CCCC1)c1cccc2c1OCCO2. The quantitative estimate of drug-likeness (QED) is 0.928. The Bertz CT molecular complexity index is 803. The standard InChI is InChI=1S/C19H19FN2O3/c20-14-6-4-7-15(22-9-1-2-10-22)17(14)21-19(23)13-5-3-8-16-18(13)25-12-11-24-16/h3-8H,1-2,9-12H2,(H,21,23). The number of carbonyl (C=O) groups excluding carboxylic acids is 1. The van der Waals surface area contributed by atoms with Crippen LogP contribution in [-0.4, -0.2) is 32.2 Å². The van der Waals surface area contributed by atoms with Gasteiger partial charge in [-0.05, 0) is 37.1 Å². The maximum atomic E-state index is 14.4. The first-order valence-corrected chi connectivity index (χ1v) is 8.47. The summed E-state index contributed by atoms with van der Waals surface area (Å²) in [6.07, 6.45) is 2.14. The number of nitrogens with zero attached hydrogens (tertiary/aromatic N) is 1. The number of halogens is 1. The molecule has 1 saturated heterocycles. The van der Waals surface area contributed by atoms with Crippen molar-refractivity contribution >= 4 is 17.3 Å². The smallest absolute Gasteiger partial charge is 0.259 e. The molecule has 2 aliphatic rings. The van der Waals surface area contributed by atoms with Crippen LogP contribution in [0.4, 0.5) is 15.8 Å². The van der Waals surface area contributed by atoms with Gasteiger partial charge in [-0.25, -0.2) is 4.39 Å². The van der Waals surface area contributed by atoms with Gasteiger partial charge in [0.15, 0.2) is 11.5 Å². The van der Waals surface area contributed by atoms with E-state index in [9.17, 15) is 9.18 Å². The van der Waals surface area contributed by atoms with Crippen molar-refractivity contribution in [2.75, 3.05) is 36.5 Å². The second-order valence-corrected chi connectivity index (χ2v) is 6.11. The summed E-state index contributed by atoms with van der Waals surface area (Å²) in [7, 11) is 0. The fourth-order valence-corrected chi connectivity index (χ4v) is 3.29. The highest BCUT2D eigenvalue weighted by Crippen LogP contribution is 2.36. The number of rotatable bonds is 3. The number of fused-ring (bicyclic) bond motifs is 1. The first-order chi connectivity index (χ1) is 12.2. The highest BCUT2D eigenvalue weighted by molar-refractivity contribution is 6.08. The van der Waals surface area contributed by atoms with Crippen LogP contribution in [0.5, 0.6) is 11.5 Å². The summed E-state index contributed by atoms with van der Waals surface area (Å²) in [6.45, 7) is 2.56. The molecule has 0 aromatic heterocycles. The van der Waals surface area contributed by atoms with Crippen LogP contribution in [0, 0.1) is 5.82 Å². The Morgan fingerprint density at radius 3 is 2.64 bits per heavy atom. The zero-order chi connectivity index (χ0) is 17.2. The molecule has 0 unspecified atom stereocenters. The van der Waals surface area contributed by atoms with E-state index in [-0.39, 0.29) is 5.69 Å². The molecule has 130 valence electrons. The molecule has 0 spiro atoms. The van der Waals surface area contributed by atoms with Crippen molar-refractivity contribution < 1.29 is 18.7 Å². The number of nitrogens with one attached hydrogen (secondary N) is 1. The third kappa shape index (κ3) is 2.99. The van der Waals surface area contributed by atoms with Gasteiger partial charge in [0.25, 0.3) is 5.91 Å². The van der Waals surface area contributed by atoms with Crippen LogP contribution in [0.2, 0.25) is 0 Å². The van der Waals surface area contributed by atoms with E-state index in [0.717, 1.165) is 25.9 Å². The number of ether oxygens (including phenoxy) is 2. The Hall–Kier alpha value is -2.76. The third-order valence-corrected chi connectivity index (χ3v) is 4.49. The van der Waals surface area contributed by atoms with Gasteiger partial charge in [0, 0.05) is 13.1 Å². The average Bonchev–Trinajstić information content (AvgIpc) is 3.17. The molecule has 0 aliphatic carbocycles. The van der Waals surface area contributed by atoms with E-state index in [1.165, 1.54) is 6.07 Å². The summed E-state index contributed by atoms with van der Waals surface area (Å²) in [6, 6.07) is 9.99.